The highest BCUT2D eigenvalue weighted by molar-refractivity contribution is 6.05. The molecule has 0 saturated carbocycles. The summed E-state index contributed by atoms with van der Waals surface area (Å²) in [5.74, 6) is -0.505. The molecule has 30 heavy (non-hydrogen) atoms. The van der Waals surface area contributed by atoms with Crippen molar-refractivity contribution in [1.29, 1.82) is 0 Å². The van der Waals surface area contributed by atoms with Crippen molar-refractivity contribution in [2.24, 2.45) is 0 Å². The third-order valence-corrected chi connectivity index (χ3v) is 4.37. The minimum atomic E-state index is -0.617. The van der Waals surface area contributed by atoms with Gasteiger partial charge in [-0.1, -0.05) is 0 Å². The molecule has 1 N–H and O–H groups in total. The van der Waals surface area contributed by atoms with E-state index in [0.717, 1.165) is 6.07 Å². The van der Waals surface area contributed by atoms with Crippen molar-refractivity contribution in [1.82, 2.24) is 4.98 Å². The first-order chi connectivity index (χ1) is 14.4. The number of fused-ring (bicyclic) bond motifs is 1. The number of carbonyl (C=O) groups excluding carboxylic acids is 1. The molecule has 1 amide bonds. The van der Waals surface area contributed by atoms with Gasteiger partial charge in [-0.25, -0.2) is 9.37 Å². The summed E-state index contributed by atoms with van der Waals surface area (Å²) in [7, 11) is 1.31. The Bertz CT molecular complexity index is 1270. The average Bonchev–Trinajstić information content (AvgIpc) is 3.17. The van der Waals surface area contributed by atoms with E-state index >= 15 is 0 Å². The Morgan fingerprint density at radius 3 is 2.60 bits per heavy atom. The summed E-state index contributed by atoms with van der Waals surface area (Å²) in [5.41, 5.74) is 1.84. The number of aromatic nitrogens is 1. The standard InChI is InChI=1S/C21H14FN3O5/c1-29-19-8-4-13(10-17(19)25(27)28)20(26)23-15-7-9-18-16(11-15)24-21(30-18)12-2-5-14(22)6-3-12/h2-11H,1H3,(H,23,26). The second kappa shape index (κ2) is 7.63. The first-order valence-electron chi connectivity index (χ1n) is 8.75. The van der Waals surface area contributed by atoms with Crippen LogP contribution in [-0.4, -0.2) is 22.9 Å². The maximum atomic E-state index is 13.1. The molecule has 0 atom stereocenters. The van der Waals surface area contributed by atoms with Gasteiger partial charge < -0.3 is 14.5 Å². The summed E-state index contributed by atoms with van der Waals surface area (Å²) in [6.07, 6.45) is 0. The van der Waals surface area contributed by atoms with Gasteiger partial charge in [0.05, 0.1) is 12.0 Å². The smallest absolute Gasteiger partial charge is 0.311 e. The quantitative estimate of drug-likeness (QED) is 0.376. The fourth-order valence-corrected chi connectivity index (χ4v) is 2.90. The second-order valence-electron chi connectivity index (χ2n) is 6.31. The number of nitro benzene ring substituents is 1. The Labute approximate surface area is 169 Å². The summed E-state index contributed by atoms with van der Waals surface area (Å²) in [4.78, 5) is 27.4. The Hall–Kier alpha value is -4.27. The van der Waals surface area contributed by atoms with Crippen molar-refractivity contribution in [2.45, 2.75) is 0 Å². The zero-order valence-corrected chi connectivity index (χ0v) is 15.6. The fourth-order valence-electron chi connectivity index (χ4n) is 2.90. The molecule has 0 aliphatic rings. The number of ether oxygens (including phenoxy) is 1. The van der Waals surface area contributed by atoms with Crippen LogP contribution in [0, 0.1) is 15.9 Å². The van der Waals surface area contributed by atoms with Crippen molar-refractivity contribution < 1.29 is 23.3 Å². The molecule has 0 aliphatic carbocycles. The lowest BCUT2D eigenvalue weighted by molar-refractivity contribution is -0.385. The molecular formula is C21H14FN3O5. The summed E-state index contributed by atoms with van der Waals surface area (Å²) >= 11 is 0. The Kier molecular flexibility index (Phi) is 4.85. The van der Waals surface area contributed by atoms with E-state index in [1.807, 2.05) is 0 Å². The van der Waals surface area contributed by atoms with Gasteiger partial charge in [0.1, 0.15) is 11.3 Å². The largest absolute Gasteiger partial charge is 0.490 e. The third kappa shape index (κ3) is 3.68. The van der Waals surface area contributed by atoms with Crippen molar-refractivity contribution in [3.63, 3.8) is 0 Å². The van der Waals surface area contributed by atoms with Crippen LogP contribution < -0.4 is 10.1 Å². The lowest BCUT2D eigenvalue weighted by Crippen LogP contribution is -2.12. The van der Waals surface area contributed by atoms with Gasteiger partial charge in [-0.2, -0.15) is 0 Å². The molecule has 4 aromatic rings. The number of nitrogens with zero attached hydrogens (tertiary/aromatic N) is 2. The lowest BCUT2D eigenvalue weighted by atomic mass is 10.1. The highest BCUT2D eigenvalue weighted by Crippen LogP contribution is 2.29. The van der Waals surface area contributed by atoms with Crippen LogP contribution in [0.25, 0.3) is 22.6 Å². The van der Waals surface area contributed by atoms with E-state index in [4.69, 9.17) is 9.15 Å². The fraction of sp³-hybridized carbons (Fsp3) is 0.0476. The number of benzene rings is 3. The van der Waals surface area contributed by atoms with Crippen LogP contribution in [0.4, 0.5) is 15.8 Å². The summed E-state index contributed by atoms with van der Waals surface area (Å²) in [6.45, 7) is 0. The molecule has 0 saturated heterocycles. The second-order valence-corrected chi connectivity index (χ2v) is 6.31. The molecule has 0 unspecified atom stereocenters. The Morgan fingerprint density at radius 2 is 1.90 bits per heavy atom. The monoisotopic (exact) mass is 407 g/mol. The van der Waals surface area contributed by atoms with E-state index in [2.05, 4.69) is 10.3 Å². The molecule has 1 heterocycles. The minimum absolute atomic E-state index is 0.0638. The van der Waals surface area contributed by atoms with Crippen molar-refractivity contribution >= 4 is 28.4 Å². The number of methoxy groups -OCH3 is 1. The number of hydrogen-bond donors (Lipinski definition) is 1. The van der Waals surface area contributed by atoms with E-state index in [1.165, 1.54) is 31.4 Å². The van der Waals surface area contributed by atoms with Crippen LogP contribution in [0.2, 0.25) is 0 Å². The topological polar surface area (TPSA) is 108 Å². The molecule has 0 spiro atoms. The highest BCUT2D eigenvalue weighted by atomic mass is 19.1. The predicted octanol–water partition coefficient (Wildman–Crippen LogP) is 4.80. The molecule has 0 bridgehead atoms. The van der Waals surface area contributed by atoms with Crippen molar-refractivity contribution in [3.05, 3.63) is 82.2 Å². The number of anilines is 1. The van der Waals surface area contributed by atoms with E-state index in [1.54, 1.807) is 30.3 Å². The van der Waals surface area contributed by atoms with Gasteiger partial charge >= 0.3 is 5.69 Å². The number of halogens is 1. The number of carbonyl (C=O) groups is 1. The summed E-state index contributed by atoms with van der Waals surface area (Å²) in [6, 6.07) is 14.5. The van der Waals surface area contributed by atoms with Crippen LogP contribution in [0.3, 0.4) is 0 Å². The van der Waals surface area contributed by atoms with Crippen LogP contribution in [0.1, 0.15) is 10.4 Å². The molecule has 4 rings (SSSR count). The first kappa shape index (κ1) is 19.1. The van der Waals surface area contributed by atoms with Gasteiger partial charge in [0.25, 0.3) is 5.91 Å². The number of hydrogen-bond acceptors (Lipinski definition) is 6. The van der Waals surface area contributed by atoms with Gasteiger partial charge in [0, 0.05) is 22.9 Å². The molecule has 0 aliphatic heterocycles. The Morgan fingerprint density at radius 1 is 1.13 bits per heavy atom. The van der Waals surface area contributed by atoms with Crippen LogP contribution in [-0.2, 0) is 0 Å². The van der Waals surface area contributed by atoms with Gasteiger partial charge in [0.15, 0.2) is 11.3 Å². The maximum Gasteiger partial charge on any atom is 0.311 e. The van der Waals surface area contributed by atoms with Crippen LogP contribution in [0.5, 0.6) is 5.75 Å². The first-order valence-corrected chi connectivity index (χ1v) is 8.75. The minimum Gasteiger partial charge on any atom is -0.490 e. The number of amides is 1. The maximum absolute atomic E-state index is 13.1. The lowest BCUT2D eigenvalue weighted by Gasteiger charge is -2.06. The molecule has 8 nitrogen and oxygen atoms in total. The highest BCUT2D eigenvalue weighted by Gasteiger charge is 2.18. The molecule has 0 fully saturated rings. The SMILES string of the molecule is COc1ccc(C(=O)Nc2ccc3oc(-c4ccc(F)cc4)nc3c2)cc1[N+](=O)[O-]. The normalized spacial score (nSPS) is 10.7. The third-order valence-electron chi connectivity index (χ3n) is 4.37. The summed E-state index contributed by atoms with van der Waals surface area (Å²) < 4.78 is 23.7. The number of nitro groups is 1. The zero-order valence-electron chi connectivity index (χ0n) is 15.6. The molecular weight excluding hydrogens is 393 g/mol. The van der Waals surface area contributed by atoms with Crippen molar-refractivity contribution in [3.8, 4) is 17.2 Å². The van der Waals surface area contributed by atoms with E-state index in [0.29, 0.717) is 28.2 Å². The van der Waals surface area contributed by atoms with E-state index in [9.17, 15) is 19.3 Å². The van der Waals surface area contributed by atoms with Crippen molar-refractivity contribution in [2.75, 3.05) is 12.4 Å². The van der Waals surface area contributed by atoms with E-state index < -0.39 is 10.8 Å². The molecule has 1 aromatic heterocycles. The van der Waals surface area contributed by atoms with Gasteiger partial charge in [-0.05, 0) is 54.6 Å². The number of rotatable bonds is 5. The molecule has 9 heteroatoms. The summed E-state index contributed by atoms with van der Waals surface area (Å²) in [5, 5.41) is 13.8. The molecule has 150 valence electrons. The zero-order chi connectivity index (χ0) is 21.3. The molecule has 0 radical (unpaired) electrons. The van der Waals surface area contributed by atoms with E-state index in [-0.39, 0.29) is 22.8 Å². The van der Waals surface area contributed by atoms with Gasteiger partial charge in [-0.3, -0.25) is 14.9 Å². The predicted molar refractivity (Wildman–Crippen MR) is 107 cm³/mol. The number of nitrogens with one attached hydrogen (secondary N) is 1. The van der Waals surface area contributed by atoms with Crippen LogP contribution >= 0.6 is 0 Å². The van der Waals surface area contributed by atoms with Crippen LogP contribution in [0.15, 0.2) is 65.1 Å². The number of oxazole rings is 1. The van der Waals surface area contributed by atoms with Gasteiger partial charge in [0.2, 0.25) is 5.89 Å². The average molecular weight is 407 g/mol. The Balaban J connectivity index is 1.59. The van der Waals surface area contributed by atoms with Gasteiger partial charge in [-0.15, -0.1) is 0 Å². The molecule has 3 aromatic carbocycles.